The van der Waals surface area contributed by atoms with Crippen LogP contribution in [-0.2, 0) is 11.3 Å². The van der Waals surface area contributed by atoms with Crippen molar-refractivity contribution in [1.82, 2.24) is 5.32 Å². The minimum Gasteiger partial charge on any atom is -0.396 e. The van der Waals surface area contributed by atoms with Gasteiger partial charge in [-0.1, -0.05) is 25.0 Å². The van der Waals surface area contributed by atoms with Gasteiger partial charge < -0.3 is 20.1 Å². The minimum absolute atomic E-state index is 0.0496. The van der Waals surface area contributed by atoms with E-state index < -0.39 is 0 Å². The van der Waals surface area contributed by atoms with Crippen molar-refractivity contribution in [3.05, 3.63) is 29.8 Å². The predicted molar refractivity (Wildman–Crippen MR) is 89.2 cm³/mol. The summed E-state index contributed by atoms with van der Waals surface area (Å²) in [6, 6.07) is 8.93. The quantitative estimate of drug-likeness (QED) is 0.845. The number of rotatable bonds is 6. The molecule has 2 N–H and O–H groups in total. The Labute approximate surface area is 133 Å². The second kappa shape index (κ2) is 7.44. The van der Waals surface area contributed by atoms with Crippen molar-refractivity contribution in [1.29, 1.82) is 0 Å². The molecule has 2 aliphatic rings. The number of nitrogens with zero attached hydrogens (tertiary/aromatic N) is 1. The maximum atomic E-state index is 9.41. The van der Waals surface area contributed by atoms with Gasteiger partial charge in [0.05, 0.1) is 25.2 Å². The third kappa shape index (κ3) is 3.80. The van der Waals surface area contributed by atoms with Crippen molar-refractivity contribution in [2.24, 2.45) is 5.41 Å². The SMILES string of the molecule is OCC1(CNCc2ccc(N3CCCCCC3)cc2)COC1. The number of nitrogens with one attached hydrogen (secondary N) is 1. The first-order chi connectivity index (χ1) is 10.8. The van der Waals surface area contributed by atoms with E-state index in [9.17, 15) is 5.11 Å². The Morgan fingerprint density at radius 1 is 1.05 bits per heavy atom. The lowest BCUT2D eigenvalue weighted by Crippen LogP contribution is -2.52. The molecular formula is C18H28N2O2. The summed E-state index contributed by atoms with van der Waals surface area (Å²) in [4.78, 5) is 2.51. The van der Waals surface area contributed by atoms with E-state index in [0.717, 1.165) is 13.1 Å². The Bertz CT molecular complexity index is 443. The fourth-order valence-electron chi connectivity index (χ4n) is 3.27. The summed E-state index contributed by atoms with van der Waals surface area (Å²) in [5.74, 6) is 0. The fourth-order valence-corrected chi connectivity index (χ4v) is 3.27. The number of aliphatic hydroxyl groups is 1. The zero-order chi connectivity index (χ0) is 15.3. The highest BCUT2D eigenvalue weighted by Crippen LogP contribution is 2.25. The van der Waals surface area contributed by atoms with Gasteiger partial charge in [-0.2, -0.15) is 0 Å². The van der Waals surface area contributed by atoms with Crippen molar-refractivity contribution in [2.75, 3.05) is 44.4 Å². The number of hydrogen-bond donors (Lipinski definition) is 2. The van der Waals surface area contributed by atoms with E-state index >= 15 is 0 Å². The first-order valence-corrected chi connectivity index (χ1v) is 8.55. The molecule has 0 bridgehead atoms. The Kier molecular flexibility index (Phi) is 5.34. The summed E-state index contributed by atoms with van der Waals surface area (Å²) in [6.07, 6.45) is 5.37. The Morgan fingerprint density at radius 2 is 1.73 bits per heavy atom. The summed E-state index contributed by atoms with van der Waals surface area (Å²) >= 11 is 0. The van der Waals surface area contributed by atoms with Crippen LogP contribution < -0.4 is 10.2 Å². The first kappa shape index (κ1) is 15.8. The lowest BCUT2D eigenvalue weighted by molar-refractivity contribution is -0.134. The molecule has 1 aromatic rings. The molecule has 4 nitrogen and oxygen atoms in total. The molecular weight excluding hydrogens is 276 g/mol. The molecule has 22 heavy (non-hydrogen) atoms. The monoisotopic (exact) mass is 304 g/mol. The summed E-state index contributed by atoms with van der Waals surface area (Å²) in [7, 11) is 0. The van der Waals surface area contributed by atoms with Gasteiger partial charge in [0, 0.05) is 31.9 Å². The third-order valence-corrected chi connectivity index (χ3v) is 4.89. The summed E-state index contributed by atoms with van der Waals surface area (Å²) < 4.78 is 5.22. The molecule has 0 aliphatic carbocycles. The predicted octanol–water partition coefficient (Wildman–Crippen LogP) is 2.17. The van der Waals surface area contributed by atoms with Crippen LogP contribution >= 0.6 is 0 Å². The summed E-state index contributed by atoms with van der Waals surface area (Å²) in [5.41, 5.74) is 2.60. The number of aliphatic hydroxyl groups excluding tert-OH is 1. The zero-order valence-electron chi connectivity index (χ0n) is 13.4. The average molecular weight is 304 g/mol. The average Bonchev–Trinajstić information content (AvgIpc) is 2.80. The Morgan fingerprint density at radius 3 is 2.27 bits per heavy atom. The van der Waals surface area contributed by atoms with E-state index in [0.29, 0.717) is 13.2 Å². The molecule has 3 rings (SSSR count). The molecule has 122 valence electrons. The number of hydrogen-bond acceptors (Lipinski definition) is 4. The molecule has 0 radical (unpaired) electrons. The summed E-state index contributed by atoms with van der Waals surface area (Å²) in [5, 5.41) is 12.9. The van der Waals surface area contributed by atoms with Gasteiger partial charge in [-0.15, -0.1) is 0 Å². The van der Waals surface area contributed by atoms with E-state index in [1.54, 1.807) is 0 Å². The summed E-state index contributed by atoms with van der Waals surface area (Å²) in [6.45, 7) is 5.59. The van der Waals surface area contributed by atoms with Gasteiger partial charge in [0.15, 0.2) is 0 Å². The number of ether oxygens (including phenoxy) is 1. The maximum Gasteiger partial charge on any atom is 0.0579 e. The van der Waals surface area contributed by atoms with Crippen molar-refractivity contribution >= 4 is 5.69 Å². The molecule has 2 fully saturated rings. The molecule has 1 aromatic carbocycles. The molecule has 2 heterocycles. The maximum absolute atomic E-state index is 9.41. The van der Waals surface area contributed by atoms with Gasteiger partial charge in [-0.25, -0.2) is 0 Å². The largest absolute Gasteiger partial charge is 0.396 e. The standard InChI is InChI=1S/C18H28N2O2/c21-13-18(14-22-15-18)12-19-11-16-5-7-17(8-6-16)20-9-3-1-2-4-10-20/h5-8,19,21H,1-4,9-15H2. The van der Waals surface area contributed by atoms with Gasteiger partial charge >= 0.3 is 0 Å². The highest BCUT2D eigenvalue weighted by atomic mass is 16.5. The normalized spacial score (nSPS) is 21.2. The van der Waals surface area contributed by atoms with E-state index in [-0.39, 0.29) is 12.0 Å². The van der Waals surface area contributed by atoms with E-state index in [1.807, 2.05) is 0 Å². The molecule has 0 aromatic heterocycles. The molecule has 0 atom stereocenters. The highest BCUT2D eigenvalue weighted by molar-refractivity contribution is 5.47. The van der Waals surface area contributed by atoms with Crippen LogP contribution in [0.5, 0.6) is 0 Å². The second-order valence-corrected chi connectivity index (χ2v) is 6.82. The smallest absolute Gasteiger partial charge is 0.0579 e. The van der Waals surface area contributed by atoms with Crippen LogP contribution in [0.15, 0.2) is 24.3 Å². The fraction of sp³-hybridized carbons (Fsp3) is 0.667. The van der Waals surface area contributed by atoms with Crippen LogP contribution in [-0.4, -0.2) is 44.6 Å². The topological polar surface area (TPSA) is 44.7 Å². The molecule has 0 amide bonds. The molecule has 2 aliphatic heterocycles. The van der Waals surface area contributed by atoms with Crippen molar-refractivity contribution in [3.63, 3.8) is 0 Å². The van der Waals surface area contributed by atoms with Crippen LogP contribution in [0, 0.1) is 5.41 Å². The van der Waals surface area contributed by atoms with Crippen LogP contribution in [0.3, 0.4) is 0 Å². The van der Waals surface area contributed by atoms with Crippen molar-refractivity contribution in [3.8, 4) is 0 Å². The lowest BCUT2D eigenvalue weighted by atomic mass is 9.87. The van der Waals surface area contributed by atoms with Gasteiger partial charge in [-0.3, -0.25) is 0 Å². The zero-order valence-corrected chi connectivity index (χ0v) is 13.4. The van der Waals surface area contributed by atoms with Crippen molar-refractivity contribution < 1.29 is 9.84 Å². The van der Waals surface area contributed by atoms with Gasteiger partial charge in [0.1, 0.15) is 0 Å². The molecule has 0 unspecified atom stereocenters. The number of anilines is 1. The van der Waals surface area contributed by atoms with Crippen LogP contribution in [0.1, 0.15) is 31.2 Å². The lowest BCUT2D eigenvalue weighted by Gasteiger charge is -2.40. The van der Waals surface area contributed by atoms with E-state index in [4.69, 9.17) is 4.74 Å². The Balaban J connectivity index is 1.48. The highest BCUT2D eigenvalue weighted by Gasteiger charge is 2.37. The van der Waals surface area contributed by atoms with Crippen LogP contribution in [0.2, 0.25) is 0 Å². The van der Waals surface area contributed by atoms with Gasteiger partial charge in [0.25, 0.3) is 0 Å². The Hall–Kier alpha value is -1.10. The third-order valence-electron chi connectivity index (χ3n) is 4.89. The number of benzene rings is 1. The van der Waals surface area contributed by atoms with Crippen LogP contribution in [0.25, 0.3) is 0 Å². The van der Waals surface area contributed by atoms with Crippen molar-refractivity contribution in [2.45, 2.75) is 32.2 Å². The molecule has 0 spiro atoms. The minimum atomic E-state index is -0.0496. The first-order valence-electron chi connectivity index (χ1n) is 8.55. The van der Waals surface area contributed by atoms with Gasteiger partial charge in [-0.05, 0) is 30.5 Å². The van der Waals surface area contributed by atoms with E-state index in [1.165, 1.54) is 50.0 Å². The van der Waals surface area contributed by atoms with E-state index in [2.05, 4.69) is 34.5 Å². The molecule has 4 heteroatoms. The van der Waals surface area contributed by atoms with Gasteiger partial charge in [0.2, 0.25) is 0 Å². The van der Waals surface area contributed by atoms with Crippen LogP contribution in [0.4, 0.5) is 5.69 Å². The second-order valence-electron chi connectivity index (χ2n) is 6.82. The molecule has 2 saturated heterocycles. The molecule has 0 saturated carbocycles.